The third kappa shape index (κ3) is 2.58. The summed E-state index contributed by atoms with van der Waals surface area (Å²) in [6, 6.07) is 0. The molecule has 2 heterocycles. The van der Waals surface area contributed by atoms with Crippen molar-refractivity contribution in [3.63, 3.8) is 0 Å². The lowest BCUT2D eigenvalue weighted by Gasteiger charge is -2.18. The van der Waals surface area contributed by atoms with E-state index >= 15 is 0 Å². The zero-order chi connectivity index (χ0) is 15.9. The number of aliphatic hydroxyl groups excluding tert-OH is 3. The van der Waals surface area contributed by atoms with Crippen LogP contribution >= 0.6 is 0 Å². The number of nitrogens with two attached hydrogens (primary N) is 1. The van der Waals surface area contributed by atoms with Crippen LogP contribution in [0.2, 0.25) is 0 Å². The lowest BCUT2D eigenvalue weighted by atomic mass is 10.1. The lowest BCUT2D eigenvalue weighted by Crippen LogP contribution is -2.45. The smallest absolute Gasteiger partial charge is 0.330 e. The van der Waals surface area contributed by atoms with Gasteiger partial charge in [-0.2, -0.15) is 4.39 Å². The maximum atomic E-state index is 13.2. The number of halogens is 1. The number of amides is 1. The molecule has 0 bridgehead atoms. The number of carbonyl (C=O) groups is 1. The molecule has 0 radical (unpaired) electrons. The Morgan fingerprint density at radius 1 is 1.43 bits per heavy atom. The monoisotopic (exact) mass is 305 g/mol. The van der Waals surface area contributed by atoms with Gasteiger partial charge in [0.15, 0.2) is 12.3 Å². The van der Waals surface area contributed by atoms with E-state index in [1.54, 1.807) is 4.98 Å². The van der Waals surface area contributed by atoms with Gasteiger partial charge in [-0.25, -0.2) is 4.79 Å². The molecular formula is C10H12FN3O7. The summed E-state index contributed by atoms with van der Waals surface area (Å²) < 4.78 is 18.7. The molecule has 0 saturated carbocycles. The van der Waals surface area contributed by atoms with E-state index in [0.29, 0.717) is 10.8 Å². The number of rotatable bonds is 3. The van der Waals surface area contributed by atoms with E-state index in [0.717, 1.165) is 0 Å². The predicted octanol–water partition coefficient (Wildman–Crippen LogP) is -3.86. The third-order valence-corrected chi connectivity index (χ3v) is 3.08. The minimum absolute atomic E-state index is 0.473. The van der Waals surface area contributed by atoms with E-state index in [1.807, 2.05) is 0 Å². The quantitative estimate of drug-likeness (QED) is 0.380. The molecule has 1 aromatic heterocycles. The number of aliphatic hydroxyl groups is 3. The van der Waals surface area contributed by atoms with Crippen molar-refractivity contribution in [2.24, 2.45) is 5.73 Å². The fourth-order valence-electron chi connectivity index (χ4n) is 1.99. The third-order valence-electron chi connectivity index (χ3n) is 3.08. The first-order valence-corrected chi connectivity index (χ1v) is 5.74. The molecule has 5 unspecified atom stereocenters. The largest absolute Gasteiger partial charge is 0.387 e. The molecule has 0 spiro atoms. The topological polar surface area (TPSA) is 168 Å². The molecule has 2 rings (SSSR count). The Morgan fingerprint density at radius 2 is 2.05 bits per heavy atom. The van der Waals surface area contributed by atoms with Crippen LogP contribution in [-0.4, -0.2) is 55.2 Å². The van der Waals surface area contributed by atoms with Gasteiger partial charge in [-0.15, -0.1) is 0 Å². The highest BCUT2D eigenvalue weighted by Crippen LogP contribution is 2.30. The van der Waals surface area contributed by atoms with E-state index in [-0.39, 0.29) is 0 Å². The Balaban J connectivity index is 2.38. The highest BCUT2D eigenvalue weighted by Gasteiger charge is 2.48. The molecule has 5 atom stereocenters. The molecule has 1 aromatic rings. The molecule has 0 aromatic carbocycles. The molecule has 1 fully saturated rings. The zero-order valence-corrected chi connectivity index (χ0v) is 10.3. The standard InChI is InChI=1S/C10H12FN3O7/c11-2-1-14(10(20)13-8(2)19)9-4(16)3(15)6(21-9)5(17)7(12)18/h1,3-6,9,15-17H,(H2,12,18)(H,13,19,20). The summed E-state index contributed by atoms with van der Waals surface area (Å²) in [7, 11) is 0. The van der Waals surface area contributed by atoms with Gasteiger partial charge >= 0.3 is 5.69 Å². The average Bonchev–Trinajstić information content (AvgIpc) is 2.70. The zero-order valence-electron chi connectivity index (χ0n) is 10.3. The van der Waals surface area contributed by atoms with Crippen LogP contribution in [0.3, 0.4) is 0 Å². The molecule has 1 aliphatic heterocycles. The van der Waals surface area contributed by atoms with E-state index in [2.05, 4.69) is 0 Å². The first-order valence-electron chi connectivity index (χ1n) is 5.74. The number of primary amides is 1. The van der Waals surface area contributed by atoms with Crippen LogP contribution in [0.4, 0.5) is 4.39 Å². The second-order valence-electron chi connectivity index (χ2n) is 4.46. The van der Waals surface area contributed by atoms with Gasteiger partial charge in [0.1, 0.15) is 18.3 Å². The average molecular weight is 305 g/mol. The number of aromatic nitrogens is 2. The summed E-state index contributed by atoms with van der Waals surface area (Å²) in [4.78, 5) is 35.0. The molecular weight excluding hydrogens is 293 g/mol. The van der Waals surface area contributed by atoms with Crippen molar-refractivity contribution >= 4 is 5.91 Å². The van der Waals surface area contributed by atoms with Crippen LogP contribution in [0.5, 0.6) is 0 Å². The number of hydrogen-bond donors (Lipinski definition) is 5. The number of aromatic amines is 1. The number of nitrogens with zero attached hydrogens (tertiary/aromatic N) is 1. The molecule has 1 amide bonds. The van der Waals surface area contributed by atoms with Gasteiger partial charge in [-0.05, 0) is 0 Å². The predicted molar refractivity (Wildman–Crippen MR) is 62.4 cm³/mol. The van der Waals surface area contributed by atoms with Gasteiger partial charge in [0, 0.05) is 0 Å². The van der Waals surface area contributed by atoms with Crippen molar-refractivity contribution in [1.82, 2.24) is 9.55 Å². The highest BCUT2D eigenvalue weighted by molar-refractivity contribution is 5.79. The first-order chi connectivity index (χ1) is 9.73. The van der Waals surface area contributed by atoms with Crippen molar-refractivity contribution < 1.29 is 29.2 Å². The molecule has 1 aliphatic rings. The molecule has 0 aliphatic carbocycles. The summed E-state index contributed by atoms with van der Waals surface area (Å²) in [5.74, 6) is -2.54. The number of H-pyrrole nitrogens is 1. The molecule has 116 valence electrons. The fourth-order valence-corrected chi connectivity index (χ4v) is 1.99. The maximum absolute atomic E-state index is 13.2. The molecule has 1 saturated heterocycles. The van der Waals surface area contributed by atoms with E-state index in [4.69, 9.17) is 10.5 Å². The van der Waals surface area contributed by atoms with Crippen molar-refractivity contribution in [1.29, 1.82) is 0 Å². The second kappa shape index (κ2) is 5.37. The number of carbonyl (C=O) groups excluding carboxylic acids is 1. The van der Waals surface area contributed by atoms with Gasteiger partial charge in [0.25, 0.3) is 5.56 Å². The first kappa shape index (κ1) is 15.3. The normalized spacial score (nSPS) is 30.3. The van der Waals surface area contributed by atoms with Gasteiger partial charge in [0.05, 0.1) is 6.20 Å². The van der Waals surface area contributed by atoms with Crippen LogP contribution < -0.4 is 17.0 Å². The summed E-state index contributed by atoms with van der Waals surface area (Å²) in [6.45, 7) is 0. The Labute approximate surface area is 115 Å². The summed E-state index contributed by atoms with van der Waals surface area (Å²) in [6.07, 6.45) is -8.20. The number of nitrogens with one attached hydrogen (secondary N) is 1. The second-order valence-corrected chi connectivity index (χ2v) is 4.46. The fraction of sp³-hybridized carbons (Fsp3) is 0.500. The molecule has 11 heteroatoms. The SMILES string of the molecule is NC(=O)C(O)C1OC(n2cc(F)c(=O)[nH]c2=O)C(O)C1O. The molecule has 21 heavy (non-hydrogen) atoms. The highest BCUT2D eigenvalue weighted by atomic mass is 19.1. The number of hydrogen-bond acceptors (Lipinski definition) is 7. The van der Waals surface area contributed by atoms with E-state index < -0.39 is 53.6 Å². The Kier molecular flexibility index (Phi) is 3.91. The van der Waals surface area contributed by atoms with E-state index in [9.17, 15) is 34.1 Å². The Bertz CT molecular complexity index is 671. The summed E-state index contributed by atoms with van der Waals surface area (Å²) in [5, 5.41) is 28.9. The Morgan fingerprint density at radius 3 is 2.62 bits per heavy atom. The van der Waals surface area contributed by atoms with Crippen LogP contribution in [0.25, 0.3) is 0 Å². The van der Waals surface area contributed by atoms with Crippen LogP contribution in [0.1, 0.15) is 6.23 Å². The van der Waals surface area contributed by atoms with Crippen LogP contribution in [0.15, 0.2) is 15.8 Å². The van der Waals surface area contributed by atoms with Crippen molar-refractivity contribution in [3.8, 4) is 0 Å². The lowest BCUT2D eigenvalue weighted by molar-refractivity contribution is -0.140. The maximum Gasteiger partial charge on any atom is 0.330 e. The molecule has 6 N–H and O–H groups in total. The summed E-state index contributed by atoms with van der Waals surface area (Å²) >= 11 is 0. The molecule has 10 nitrogen and oxygen atoms in total. The Hall–Kier alpha value is -2.08. The van der Waals surface area contributed by atoms with Gasteiger partial charge in [0.2, 0.25) is 11.7 Å². The van der Waals surface area contributed by atoms with Gasteiger partial charge in [-0.1, -0.05) is 0 Å². The van der Waals surface area contributed by atoms with Crippen molar-refractivity contribution in [3.05, 3.63) is 32.9 Å². The van der Waals surface area contributed by atoms with Crippen LogP contribution in [0, 0.1) is 5.82 Å². The minimum atomic E-state index is -1.94. The van der Waals surface area contributed by atoms with E-state index in [1.165, 1.54) is 0 Å². The van der Waals surface area contributed by atoms with Gasteiger partial charge < -0.3 is 25.8 Å². The van der Waals surface area contributed by atoms with Crippen LogP contribution in [-0.2, 0) is 9.53 Å². The van der Waals surface area contributed by atoms with Crippen molar-refractivity contribution in [2.75, 3.05) is 0 Å². The number of ether oxygens (including phenoxy) is 1. The summed E-state index contributed by atoms with van der Waals surface area (Å²) in [5.41, 5.74) is 2.47. The minimum Gasteiger partial charge on any atom is -0.387 e. The van der Waals surface area contributed by atoms with Gasteiger partial charge in [-0.3, -0.25) is 19.1 Å². The van der Waals surface area contributed by atoms with Crippen molar-refractivity contribution in [2.45, 2.75) is 30.6 Å².